The summed E-state index contributed by atoms with van der Waals surface area (Å²) in [4.78, 5) is 0. The third-order valence-corrected chi connectivity index (χ3v) is 5.69. The summed E-state index contributed by atoms with van der Waals surface area (Å²) in [5.74, 6) is 2.20. The average molecular weight is 297 g/mol. The fourth-order valence-corrected chi connectivity index (χ4v) is 3.97. The molecule has 1 N–H and O–H groups in total. The van der Waals surface area contributed by atoms with Crippen molar-refractivity contribution in [2.75, 3.05) is 26.4 Å². The molecular weight excluding hydrogens is 262 g/mol. The Morgan fingerprint density at radius 3 is 2.48 bits per heavy atom. The summed E-state index contributed by atoms with van der Waals surface area (Å²) in [6.07, 6.45) is 5.81. The molecule has 0 radical (unpaired) electrons. The van der Waals surface area contributed by atoms with Crippen LogP contribution in [0.1, 0.15) is 59.8 Å². The molecule has 21 heavy (non-hydrogen) atoms. The molecule has 0 aromatic rings. The Hall–Kier alpha value is -0.120. The van der Waals surface area contributed by atoms with Gasteiger partial charge < -0.3 is 14.8 Å². The van der Waals surface area contributed by atoms with E-state index in [9.17, 15) is 0 Å². The minimum Gasteiger partial charge on any atom is -0.381 e. The van der Waals surface area contributed by atoms with Crippen LogP contribution in [0.5, 0.6) is 0 Å². The van der Waals surface area contributed by atoms with Gasteiger partial charge in [0.1, 0.15) is 0 Å². The molecule has 2 aliphatic heterocycles. The molecule has 2 rings (SSSR count). The molecule has 0 bridgehead atoms. The minimum atomic E-state index is 0.115. The van der Waals surface area contributed by atoms with Crippen LogP contribution in [0.25, 0.3) is 0 Å². The largest absolute Gasteiger partial charge is 0.381 e. The van der Waals surface area contributed by atoms with E-state index in [-0.39, 0.29) is 5.60 Å². The highest BCUT2D eigenvalue weighted by Crippen LogP contribution is 2.40. The first-order valence-corrected chi connectivity index (χ1v) is 9.03. The van der Waals surface area contributed by atoms with Crippen LogP contribution in [0, 0.1) is 17.8 Å². The number of hydrogen-bond donors (Lipinski definition) is 1. The monoisotopic (exact) mass is 297 g/mol. The Morgan fingerprint density at radius 2 is 1.86 bits per heavy atom. The van der Waals surface area contributed by atoms with Crippen LogP contribution in [0.4, 0.5) is 0 Å². The fraction of sp³-hybridized carbons (Fsp3) is 1.00. The predicted octanol–water partition coefficient (Wildman–Crippen LogP) is 3.62. The van der Waals surface area contributed by atoms with E-state index in [1.807, 2.05) is 0 Å². The summed E-state index contributed by atoms with van der Waals surface area (Å²) in [5.41, 5.74) is 0.115. The summed E-state index contributed by atoms with van der Waals surface area (Å²) in [7, 11) is 0. The Kier molecular flexibility index (Phi) is 6.51. The van der Waals surface area contributed by atoms with Gasteiger partial charge in [0.2, 0.25) is 0 Å². The molecule has 2 saturated heterocycles. The van der Waals surface area contributed by atoms with E-state index < -0.39 is 0 Å². The first-order valence-electron chi connectivity index (χ1n) is 9.03. The van der Waals surface area contributed by atoms with Gasteiger partial charge in [0, 0.05) is 25.9 Å². The van der Waals surface area contributed by atoms with Crippen molar-refractivity contribution in [2.45, 2.75) is 71.4 Å². The molecule has 0 amide bonds. The number of nitrogens with one attached hydrogen (secondary N) is 1. The molecule has 3 unspecified atom stereocenters. The predicted molar refractivity (Wildman–Crippen MR) is 87.5 cm³/mol. The van der Waals surface area contributed by atoms with Crippen molar-refractivity contribution in [2.24, 2.45) is 17.8 Å². The molecule has 3 nitrogen and oxygen atoms in total. The highest BCUT2D eigenvalue weighted by Gasteiger charge is 2.42. The zero-order chi connectivity index (χ0) is 15.3. The molecule has 2 aliphatic rings. The number of rotatable bonds is 6. The van der Waals surface area contributed by atoms with Crippen LogP contribution in [-0.4, -0.2) is 38.0 Å². The third-order valence-electron chi connectivity index (χ3n) is 5.69. The fourth-order valence-electron chi connectivity index (χ4n) is 3.97. The lowest BCUT2D eigenvalue weighted by atomic mass is 9.73. The molecule has 2 fully saturated rings. The van der Waals surface area contributed by atoms with Gasteiger partial charge in [-0.25, -0.2) is 0 Å². The van der Waals surface area contributed by atoms with Crippen LogP contribution in [0.2, 0.25) is 0 Å². The van der Waals surface area contributed by atoms with Crippen LogP contribution >= 0.6 is 0 Å². The maximum absolute atomic E-state index is 6.22. The van der Waals surface area contributed by atoms with Crippen LogP contribution in [-0.2, 0) is 9.47 Å². The Labute approximate surface area is 131 Å². The lowest BCUT2D eigenvalue weighted by Crippen LogP contribution is -2.51. The van der Waals surface area contributed by atoms with Crippen molar-refractivity contribution < 1.29 is 9.47 Å². The van der Waals surface area contributed by atoms with Crippen molar-refractivity contribution in [1.29, 1.82) is 0 Å². The van der Waals surface area contributed by atoms with E-state index in [0.29, 0.717) is 6.04 Å². The number of hydrogen-bond acceptors (Lipinski definition) is 3. The Balaban J connectivity index is 2.03. The molecule has 3 heteroatoms. The molecule has 0 aliphatic carbocycles. The van der Waals surface area contributed by atoms with Crippen LogP contribution < -0.4 is 5.32 Å². The maximum Gasteiger partial charge on any atom is 0.0729 e. The first-order chi connectivity index (χ1) is 10.1. The highest BCUT2D eigenvalue weighted by molar-refractivity contribution is 4.94. The van der Waals surface area contributed by atoms with Gasteiger partial charge in [-0.15, -0.1) is 0 Å². The molecular formula is C18H35NO2. The van der Waals surface area contributed by atoms with Gasteiger partial charge in [0.25, 0.3) is 0 Å². The van der Waals surface area contributed by atoms with Crippen molar-refractivity contribution in [3.8, 4) is 0 Å². The van der Waals surface area contributed by atoms with E-state index in [1.54, 1.807) is 0 Å². The summed E-state index contributed by atoms with van der Waals surface area (Å²) < 4.78 is 11.8. The topological polar surface area (TPSA) is 30.5 Å². The minimum absolute atomic E-state index is 0.115. The van der Waals surface area contributed by atoms with Crippen LogP contribution in [0.15, 0.2) is 0 Å². The van der Waals surface area contributed by atoms with Gasteiger partial charge in [-0.2, -0.15) is 0 Å². The second kappa shape index (κ2) is 7.94. The van der Waals surface area contributed by atoms with Crippen molar-refractivity contribution in [3.63, 3.8) is 0 Å². The van der Waals surface area contributed by atoms with Crippen LogP contribution in [0.3, 0.4) is 0 Å². The molecule has 0 saturated carbocycles. The van der Waals surface area contributed by atoms with Gasteiger partial charge in [-0.05, 0) is 56.4 Å². The van der Waals surface area contributed by atoms with E-state index in [4.69, 9.17) is 9.47 Å². The van der Waals surface area contributed by atoms with Gasteiger partial charge >= 0.3 is 0 Å². The molecule has 124 valence electrons. The van der Waals surface area contributed by atoms with Gasteiger partial charge in [0.15, 0.2) is 0 Å². The SMILES string of the molecule is CCCNC(C1CCOC2(CCOCC2)C1)C(C)C(C)C. The first kappa shape index (κ1) is 17.2. The third kappa shape index (κ3) is 4.43. The molecule has 0 aromatic heterocycles. The van der Waals surface area contributed by atoms with Crippen molar-refractivity contribution >= 4 is 0 Å². The normalized spacial score (nSPS) is 28.7. The summed E-state index contributed by atoms with van der Waals surface area (Å²) in [6.45, 7) is 13.2. The highest BCUT2D eigenvalue weighted by atomic mass is 16.5. The Morgan fingerprint density at radius 1 is 1.14 bits per heavy atom. The van der Waals surface area contributed by atoms with E-state index >= 15 is 0 Å². The lowest BCUT2D eigenvalue weighted by molar-refractivity contribution is -0.152. The molecule has 1 spiro atoms. The standard InChI is InChI=1S/C18H35NO2/c1-5-9-19-17(15(4)14(2)3)16-6-10-21-18(13-16)7-11-20-12-8-18/h14-17,19H,5-13H2,1-4H3. The second-order valence-electron chi connectivity index (χ2n) is 7.48. The summed E-state index contributed by atoms with van der Waals surface area (Å²) in [6, 6.07) is 0.633. The quantitative estimate of drug-likeness (QED) is 0.812. The lowest BCUT2D eigenvalue weighted by Gasteiger charge is -2.47. The summed E-state index contributed by atoms with van der Waals surface area (Å²) in [5, 5.41) is 3.86. The zero-order valence-electron chi connectivity index (χ0n) is 14.5. The van der Waals surface area contributed by atoms with Crippen molar-refractivity contribution in [1.82, 2.24) is 5.32 Å². The maximum atomic E-state index is 6.22. The number of ether oxygens (including phenoxy) is 2. The Bertz CT molecular complexity index is 294. The van der Waals surface area contributed by atoms with Gasteiger partial charge in [0.05, 0.1) is 5.60 Å². The van der Waals surface area contributed by atoms with Gasteiger partial charge in [-0.1, -0.05) is 27.7 Å². The second-order valence-corrected chi connectivity index (χ2v) is 7.48. The summed E-state index contributed by atoms with van der Waals surface area (Å²) >= 11 is 0. The molecule has 3 atom stereocenters. The molecule has 2 heterocycles. The van der Waals surface area contributed by atoms with E-state index in [1.165, 1.54) is 19.3 Å². The average Bonchev–Trinajstić information content (AvgIpc) is 2.48. The zero-order valence-corrected chi connectivity index (χ0v) is 14.5. The van der Waals surface area contributed by atoms with E-state index in [2.05, 4.69) is 33.0 Å². The van der Waals surface area contributed by atoms with Crippen molar-refractivity contribution in [3.05, 3.63) is 0 Å². The smallest absolute Gasteiger partial charge is 0.0729 e. The molecule has 0 aromatic carbocycles. The van der Waals surface area contributed by atoms with Gasteiger partial charge in [-0.3, -0.25) is 0 Å². The van der Waals surface area contributed by atoms with E-state index in [0.717, 1.165) is 57.0 Å².